The molecule has 1 aromatic rings. The molecule has 0 spiro atoms. The van der Waals surface area contributed by atoms with E-state index in [-0.39, 0.29) is 6.54 Å². The molecular weight excluding hydrogens is 318 g/mol. The summed E-state index contributed by atoms with van der Waals surface area (Å²) in [6, 6.07) is 4.64. The molecule has 0 aromatic heterocycles. The highest BCUT2D eigenvalue weighted by Gasteiger charge is 2.23. The molecule has 0 saturated carbocycles. The zero-order valence-corrected chi connectivity index (χ0v) is 12.2. The average molecular weight is 331 g/mol. The molecule has 0 aliphatic rings. The van der Waals surface area contributed by atoms with Gasteiger partial charge in [-0.2, -0.15) is 0 Å². The van der Waals surface area contributed by atoms with Crippen LogP contribution in [0.1, 0.15) is 18.5 Å². The van der Waals surface area contributed by atoms with Gasteiger partial charge in [0, 0.05) is 9.50 Å². The van der Waals surface area contributed by atoms with Gasteiger partial charge >= 0.3 is 5.97 Å². The molecule has 0 bridgehead atoms. The van der Waals surface area contributed by atoms with Gasteiger partial charge in [0.05, 0.1) is 13.2 Å². The Morgan fingerprint density at radius 2 is 2.39 bits per heavy atom. The standard InChI is InChI=1S/C13H13BrClNO2/c1-3-7-16-12(13(17)18-4-2)10-6-5-9(14)8-11(10)15/h1,5-6,8,12,16H,4,7H2,2H3. The first kappa shape index (κ1) is 15.0. The number of benzene rings is 1. The number of halogens is 2. The minimum atomic E-state index is -0.651. The summed E-state index contributed by atoms with van der Waals surface area (Å²) >= 11 is 9.43. The smallest absolute Gasteiger partial charge is 0.327 e. The third kappa shape index (κ3) is 4.02. The van der Waals surface area contributed by atoms with Crippen molar-refractivity contribution in [2.24, 2.45) is 0 Å². The number of rotatable bonds is 5. The normalized spacial score (nSPS) is 11.7. The van der Waals surface area contributed by atoms with Crippen LogP contribution in [0, 0.1) is 12.3 Å². The molecule has 0 aliphatic heterocycles. The molecule has 0 radical (unpaired) electrons. The second kappa shape index (κ2) is 7.42. The fourth-order valence-corrected chi connectivity index (χ4v) is 2.22. The number of terminal acetylenes is 1. The van der Waals surface area contributed by atoms with Gasteiger partial charge in [-0.05, 0) is 24.6 Å². The van der Waals surface area contributed by atoms with Gasteiger partial charge in [-0.25, -0.2) is 4.79 Å². The lowest BCUT2D eigenvalue weighted by Gasteiger charge is -2.17. The molecule has 5 heteroatoms. The minimum absolute atomic E-state index is 0.260. The van der Waals surface area contributed by atoms with E-state index in [2.05, 4.69) is 27.2 Å². The second-order valence-corrected chi connectivity index (χ2v) is 4.76. The van der Waals surface area contributed by atoms with Crippen LogP contribution in [0.15, 0.2) is 22.7 Å². The highest BCUT2D eigenvalue weighted by Crippen LogP contribution is 2.27. The Labute approximate surface area is 120 Å². The van der Waals surface area contributed by atoms with Crippen LogP contribution < -0.4 is 5.32 Å². The monoisotopic (exact) mass is 329 g/mol. The van der Waals surface area contributed by atoms with Crippen molar-refractivity contribution in [2.45, 2.75) is 13.0 Å². The van der Waals surface area contributed by atoms with Crippen molar-refractivity contribution in [3.05, 3.63) is 33.3 Å². The summed E-state index contributed by atoms with van der Waals surface area (Å²) < 4.78 is 5.84. The second-order valence-electron chi connectivity index (χ2n) is 3.44. The number of esters is 1. The maximum atomic E-state index is 11.9. The SMILES string of the molecule is C#CCNC(C(=O)OCC)c1ccc(Br)cc1Cl. The predicted molar refractivity (Wildman–Crippen MR) is 75.4 cm³/mol. The Morgan fingerprint density at radius 3 is 2.94 bits per heavy atom. The van der Waals surface area contributed by atoms with E-state index in [0.717, 1.165) is 4.47 Å². The molecule has 1 N–H and O–H groups in total. The lowest BCUT2D eigenvalue weighted by atomic mass is 10.1. The number of carbonyl (C=O) groups is 1. The van der Waals surface area contributed by atoms with E-state index in [1.165, 1.54) is 0 Å². The van der Waals surface area contributed by atoms with Crippen LogP contribution >= 0.6 is 27.5 Å². The molecular formula is C13H13BrClNO2. The van der Waals surface area contributed by atoms with E-state index >= 15 is 0 Å². The van der Waals surface area contributed by atoms with E-state index < -0.39 is 12.0 Å². The van der Waals surface area contributed by atoms with E-state index in [9.17, 15) is 4.79 Å². The summed E-state index contributed by atoms with van der Waals surface area (Å²) in [5, 5.41) is 3.40. The summed E-state index contributed by atoms with van der Waals surface area (Å²) in [7, 11) is 0. The summed E-state index contributed by atoms with van der Waals surface area (Å²) in [5.74, 6) is 2.03. The first-order valence-corrected chi connectivity index (χ1v) is 6.55. The Hall–Kier alpha value is -1.02. The highest BCUT2D eigenvalue weighted by atomic mass is 79.9. The minimum Gasteiger partial charge on any atom is -0.465 e. The number of ether oxygens (including phenoxy) is 1. The predicted octanol–water partition coefficient (Wildman–Crippen LogP) is 2.93. The molecule has 18 heavy (non-hydrogen) atoms. The zero-order chi connectivity index (χ0) is 13.5. The Bertz CT molecular complexity index is 471. The van der Waals surface area contributed by atoms with Crippen molar-refractivity contribution < 1.29 is 9.53 Å². The lowest BCUT2D eigenvalue weighted by molar-refractivity contribution is -0.145. The van der Waals surface area contributed by atoms with Crippen molar-refractivity contribution in [2.75, 3.05) is 13.2 Å². The van der Waals surface area contributed by atoms with Crippen LogP contribution in [0.3, 0.4) is 0 Å². The third-order valence-electron chi connectivity index (χ3n) is 2.20. The molecule has 3 nitrogen and oxygen atoms in total. The highest BCUT2D eigenvalue weighted by molar-refractivity contribution is 9.10. The van der Waals surface area contributed by atoms with E-state index in [1.54, 1.807) is 19.1 Å². The maximum Gasteiger partial charge on any atom is 0.327 e. The van der Waals surface area contributed by atoms with E-state index in [1.807, 2.05) is 6.07 Å². The van der Waals surface area contributed by atoms with Gasteiger partial charge < -0.3 is 4.74 Å². The van der Waals surface area contributed by atoms with Gasteiger partial charge in [0.25, 0.3) is 0 Å². The van der Waals surface area contributed by atoms with Crippen molar-refractivity contribution >= 4 is 33.5 Å². The molecule has 1 aromatic carbocycles. The van der Waals surface area contributed by atoms with Gasteiger partial charge in [-0.3, -0.25) is 5.32 Å². The molecule has 0 saturated heterocycles. The number of nitrogens with one attached hydrogen (secondary N) is 1. The Morgan fingerprint density at radius 1 is 1.67 bits per heavy atom. The van der Waals surface area contributed by atoms with Crippen LogP contribution in [-0.4, -0.2) is 19.1 Å². The zero-order valence-electron chi connectivity index (χ0n) is 9.87. The largest absolute Gasteiger partial charge is 0.465 e. The van der Waals surface area contributed by atoms with Gasteiger partial charge in [-0.1, -0.05) is 39.5 Å². The molecule has 0 fully saturated rings. The van der Waals surface area contributed by atoms with Gasteiger partial charge in [0.1, 0.15) is 6.04 Å². The summed E-state index contributed by atoms with van der Waals surface area (Å²) in [5.41, 5.74) is 0.647. The quantitative estimate of drug-likeness (QED) is 0.666. The van der Waals surface area contributed by atoms with Crippen LogP contribution in [-0.2, 0) is 9.53 Å². The molecule has 0 amide bonds. The molecule has 1 unspecified atom stereocenters. The summed E-state index contributed by atoms with van der Waals surface area (Å²) in [6.07, 6.45) is 5.19. The third-order valence-corrected chi connectivity index (χ3v) is 3.02. The number of hydrogen-bond acceptors (Lipinski definition) is 3. The van der Waals surface area contributed by atoms with Crippen LogP contribution in [0.5, 0.6) is 0 Å². The number of carbonyl (C=O) groups excluding carboxylic acids is 1. The first-order chi connectivity index (χ1) is 8.60. The first-order valence-electron chi connectivity index (χ1n) is 5.38. The van der Waals surface area contributed by atoms with Gasteiger partial charge in [-0.15, -0.1) is 6.42 Å². The van der Waals surface area contributed by atoms with Crippen LogP contribution in [0.4, 0.5) is 0 Å². The average Bonchev–Trinajstić information content (AvgIpc) is 2.32. The fraction of sp³-hybridized carbons (Fsp3) is 0.308. The summed E-state index contributed by atoms with van der Waals surface area (Å²) in [4.78, 5) is 11.9. The summed E-state index contributed by atoms with van der Waals surface area (Å²) in [6.45, 7) is 2.32. The van der Waals surface area contributed by atoms with Gasteiger partial charge in [0.15, 0.2) is 0 Å². The van der Waals surface area contributed by atoms with E-state index in [0.29, 0.717) is 17.2 Å². The maximum absolute atomic E-state index is 11.9. The Kier molecular flexibility index (Phi) is 6.20. The molecule has 0 heterocycles. The molecule has 0 aliphatic carbocycles. The van der Waals surface area contributed by atoms with Crippen molar-refractivity contribution in [1.82, 2.24) is 5.32 Å². The molecule has 1 atom stereocenters. The van der Waals surface area contributed by atoms with Crippen molar-refractivity contribution in [1.29, 1.82) is 0 Å². The van der Waals surface area contributed by atoms with E-state index in [4.69, 9.17) is 22.8 Å². The topological polar surface area (TPSA) is 38.3 Å². The Balaban J connectivity index is 3.01. The lowest BCUT2D eigenvalue weighted by Crippen LogP contribution is -2.30. The van der Waals surface area contributed by atoms with Crippen molar-refractivity contribution in [3.63, 3.8) is 0 Å². The van der Waals surface area contributed by atoms with Gasteiger partial charge in [0.2, 0.25) is 0 Å². The van der Waals surface area contributed by atoms with Crippen molar-refractivity contribution in [3.8, 4) is 12.3 Å². The fourth-order valence-electron chi connectivity index (χ4n) is 1.44. The molecule has 96 valence electrons. The van der Waals surface area contributed by atoms with Crippen LogP contribution in [0.25, 0.3) is 0 Å². The molecule has 1 rings (SSSR count). The van der Waals surface area contributed by atoms with Crippen LogP contribution in [0.2, 0.25) is 5.02 Å². The number of hydrogen-bond donors (Lipinski definition) is 1.